The molecule has 2 rings (SSSR count). The van der Waals surface area contributed by atoms with E-state index in [-0.39, 0.29) is 18.1 Å². The fourth-order valence-electron chi connectivity index (χ4n) is 1.80. The van der Waals surface area contributed by atoms with Gasteiger partial charge in [-0.15, -0.1) is 0 Å². The monoisotopic (exact) mass is 230 g/mol. The number of nitrogens with one attached hydrogen (secondary N) is 1. The third kappa shape index (κ3) is 2.20. The van der Waals surface area contributed by atoms with Gasteiger partial charge >= 0.3 is 0 Å². The van der Waals surface area contributed by atoms with Crippen LogP contribution in [0.4, 0.5) is 5.69 Å². The number of H-pyrrole nitrogens is 1. The van der Waals surface area contributed by atoms with Gasteiger partial charge in [0.05, 0.1) is 12.1 Å². The van der Waals surface area contributed by atoms with Gasteiger partial charge in [0.2, 0.25) is 5.91 Å². The van der Waals surface area contributed by atoms with Crippen LogP contribution in [0.2, 0.25) is 0 Å². The van der Waals surface area contributed by atoms with E-state index in [1.54, 1.807) is 13.2 Å². The van der Waals surface area contributed by atoms with Gasteiger partial charge in [0.15, 0.2) is 0 Å². The Bertz CT molecular complexity index is 572. The second-order valence-corrected chi connectivity index (χ2v) is 4.05. The number of rotatable bonds is 3. The first kappa shape index (κ1) is 11.4. The molecule has 2 aromatic rings. The molecule has 4 heteroatoms. The molecule has 1 aromatic heterocycles. The number of aromatic nitrogens is 1. The fraction of sp³-hybridized carbons (Fsp3) is 0.231. The average molecular weight is 230 g/mol. The molecule has 1 N–H and O–H groups in total. The maximum Gasteiger partial charge on any atom is 0.234 e. The maximum absolute atomic E-state index is 11.8. The molecule has 88 valence electrons. The Morgan fingerprint density at radius 3 is 2.71 bits per heavy atom. The van der Waals surface area contributed by atoms with E-state index in [1.165, 1.54) is 11.8 Å². The van der Waals surface area contributed by atoms with Crippen LogP contribution in [0.25, 0.3) is 10.9 Å². The molecule has 0 spiro atoms. The van der Waals surface area contributed by atoms with Gasteiger partial charge in [-0.2, -0.15) is 0 Å². The van der Waals surface area contributed by atoms with E-state index in [1.807, 2.05) is 24.3 Å². The third-order valence-corrected chi connectivity index (χ3v) is 2.70. The fourth-order valence-corrected chi connectivity index (χ4v) is 1.80. The summed E-state index contributed by atoms with van der Waals surface area (Å²) in [5.74, 6) is -0.316. The zero-order valence-corrected chi connectivity index (χ0v) is 9.86. The van der Waals surface area contributed by atoms with E-state index in [0.29, 0.717) is 0 Å². The molecule has 0 aliphatic carbocycles. The molecule has 1 heterocycles. The van der Waals surface area contributed by atoms with Crippen LogP contribution >= 0.6 is 0 Å². The molecule has 0 saturated carbocycles. The van der Waals surface area contributed by atoms with Gasteiger partial charge in [-0.25, -0.2) is 0 Å². The number of benzene rings is 1. The topological polar surface area (TPSA) is 53.2 Å². The number of Topliss-reactive ketones (excluding diaryl/α,β-unsaturated/α-hetero) is 1. The summed E-state index contributed by atoms with van der Waals surface area (Å²) in [6, 6.07) is 7.74. The van der Waals surface area contributed by atoms with Crippen LogP contribution in [0.5, 0.6) is 0 Å². The lowest BCUT2D eigenvalue weighted by molar-refractivity contribution is -0.125. The van der Waals surface area contributed by atoms with Crippen molar-refractivity contribution in [2.24, 2.45) is 0 Å². The molecule has 0 saturated heterocycles. The quantitative estimate of drug-likeness (QED) is 0.821. The predicted molar refractivity (Wildman–Crippen MR) is 67.0 cm³/mol. The Morgan fingerprint density at radius 1 is 1.29 bits per heavy atom. The number of hydrogen-bond donors (Lipinski definition) is 1. The van der Waals surface area contributed by atoms with Crippen molar-refractivity contribution in [3.8, 4) is 0 Å². The molecular weight excluding hydrogens is 216 g/mol. The summed E-state index contributed by atoms with van der Waals surface area (Å²) in [5, 5.41) is 0.979. The van der Waals surface area contributed by atoms with E-state index in [2.05, 4.69) is 4.98 Å². The van der Waals surface area contributed by atoms with Gasteiger partial charge < -0.3 is 9.88 Å². The Balaban J connectivity index is 2.33. The molecular formula is C13H14N2O2. The van der Waals surface area contributed by atoms with Crippen LogP contribution in [0.15, 0.2) is 30.5 Å². The first-order valence-corrected chi connectivity index (χ1v) is 5.41. The maximum atomic E-state index is 11.8. The molecule has 0 aliphatic heterocycles. The Hall–Kier alpha value is -2.10. The third-order valence-electron chi connectivity index (χ3n) is 2.70. The van der Waals surface area contributed by atoms with Crippen molar-refractivity contribution in [2.75, 3.05) is 11.9 Å². The van der Waals surface area contributed by atoms with Crippen LogP contribution in [0, 0.1) is 0 Å². The van der Waals surface area contributed by atoms with E-state index in [4.69, 9.17) is 0 Å². The molecule has 17 heavy (non-hydrogen) atoms. The van der Waals surface area contributed by atoms with Crippen molar-refractivity contribution in [1.82, 2.24) is 4.98 Å². The molecule has 0 radical (unpaired) electrons. The highest BCUT2D eigenvalue weighted by Crippen LogP contribution is 2.25. The zero-order chi connectivity index (χ0) is 12.4. The molecule has 4 nitrogen and oxygen atoms in total. The van der Waals surface area contributed by atoms with Crippen molar-refractivity contribution >= 4 is 28.3 Å². The number of hydrogen-bond acceptors (Lipinski definition) is 2. The highest BCUT2D eigenvalue weighted by Gasteiger charge is 2.15. The van der Waals surface area contributed by atoms with E-state index in [9.17, 15) is 9.59 Å². The summed E-state index contributed by atoms with van der Waals surface area (Å²) in [4.78, 5) is 27.3. The van der Waals surface area contributed by atoms with Crippen molar-refractivity contribution in [2.45, 2.75) is 13.3 Å². The van der Waals surface area contributed by atoms with Gasteiger partial charge in [-0.1, -0.05) is 18.2 Å². The van der Waals surface area contributed by atoms with Crippen molar-refractivity contribution in [3.05, 3.63) is 30.5 Å². The minimum absolute atomic E-state index is 0.0595. The molecule has 0 atom stereocenters. The number of amides is 1. The Labute approximate surface area is 99.2 Å². The van der Waals surface area contributed by atoms with Gasteiger partial charge in [-0.3, -0.25) is 9.59 Å². The normalized spacial score (nSPS) is 10.5. The number of ketones is 1. The number of para-hydroxylation sites is 1. The minimum Gasteiger partial charge on any atom is -0.359 e. The Kier molecular flexibility index (Phi) is 2.95. The van der Waals surface area contributed by atoms with Gasteiger partial charge in [-0.05, 0) is 13.0 Å². The Morgan fingerprint density at radius 2 is 2.00 bits per heavy atom. The van der Waals surface area contributed by atoms with Crippen LogP contribution in [-0.2, 0) is 9.59 Å². The predicted octanol–water partition coefficient (Wildman–Crippen LogP) is 2.11. The summed E-state index contributed by atoms with van der Waals surface area (Å²) < 4.78 is 0. The molecule has 0 unspecified atom stereocenters. The van der Waals surface area contributed by atoms with Gasteiger partial charge in [0, 0.05) is 24.1 Å². The average Bonchev–Trinajstić information content (AvgIpc) is 2.70. The first-order valence-electron chi connectivity index (χ1n) is 5.41. The number of carbonyl (C=O) groups excluding carboxylic acids is 2. The molecule has 0 fully saturated rings. The minimum atomic E-state index is -0.192. The number of anilines is 1. The highest BCUT2D eigenvalue weighted by atomic mass is 16.2. The highest BCUT2D eigenvalue weighted by molar-refractivity contribution is 6.08. The number of nitrogens with zero attached hydrogens (tertiary/aromatic N) is 1. The summed E-state index contributed by atoms with van der Waals surface area (Å²) in [6.07, 6.45) is 1.72. The van der Waals surface area contributed by atoms with Crippen LogP contribution in [-0.4, -0.2) is 23.7 Å². The largest absolute Gasteiger partial charge is 0.359 e. The summed E-state index contributed by atoms with van der Waals surface area (Å²) in [7, 11) is 1.68. The molecule has 0 bridgehead atoms. The van der Waals surface area contributed by atoms with E-state index >= 15 is 0 Å². The summed E-state index contributed by atoms with van der Waals surface area (Å²) in [6.45, 7) is 1.42. The number of carbonyl (C=O) groups is 2. The number of fused-ring (bicyclic) bond motifs is 1. The van der Waals surface area contributed by atoms with Crippen LogP contribution in [0.1, 0.15) is 13.3 Å². The summed E-state index contributed by atoms with van der Waals surface area (Å²) in [5.41, 5.74) is 1.77. The smallest absolute Gasteiger partial charge is 0.234 e. The lowest BCUT2D eigenvalue weighted by Crippen LogP contribution is -2.27. The summed E-state index contributed by atoms with van der Waals surface area (Å²) >= 11 is 0. The first-order chi connectivity index (χ1) is 8.09. The van der Waals surface area contributed by atoms with E-state index in [0.717, 1.165) is 16.6 Å². The lowest BCUT2D eigenvalue weighted by Gasteiger charge is -2.15. The SMILES string of the molecule is CC(=O)CC(=O)N(C)c1c[nH]c2ccccc12. The second kappa shape index (κ2) is 4.41. The van der Waals surface area contributed by atoms with Crippen LogP contribution in [0.3, 0.4) is 0 Å². The lowest BCUT2D eigenvalue weighted by atomic mass is 10.2. The molecule has 1 amide bonds. The van der Waals surface area contributed by atoms with Crippen molar-refractivity contribution < 1.29 is 9.59 Å². The molecule has 0 aliphatic rings. The van der Waals surface area contributed by atoms with Crippen LogP contribution < -0.4 is 4.90 Å². The molecule has 1 aromatic carbocycles. The second-order valence-electron chi connectivity index (χ2n) is 4.05. The van der Waals surface area contributed by atoms with Gasteiger partial charge in [0.1, 0.15) is 5.78 Å². The van der Waals surface area contributed by atoms with E-state index < -0.39 is 0 Å². The standard InChI is InChI=1S/C13H14N2O2/c1-9(16)7-13(17)15(2)12-8-14-11-6-4-3-5-10(11)12/h3-6,8,14H,7H2,1-2H3. The zero-order valence-electron chi connectivity index (χ0n) is 9.86. The number of aromatic amines is 1. The van der Waals surface area contributed by atoms with Gasteiger partial charge in [0.25, 0.3) is 0 Å². The van der Waals surface area contributed by atoms with Crippen molar-refractivity contribution in [1.29, 1.82) is 0 Å². The van der Waals surface area contributed by atoms with Crippen molar-refractivity contribution in [3.63, 3.8) is 0 Å².